The fourth-order valence-electron chi connectivity index (χ4n) is 2.93. The zero-order valence-corrected chi connectivity index (χ0v) is 14.3. The van der Waals surface area contributed by atoms with E-state index in [1.165, 1.54) is 0 Å². The highest BCUT2D eigenvalue weighted by molar-refractivity contribution is 6.17. The van der Waals surface area contributed by atoms with E-state index in [1.54, 1.807) is 0 Å². The monoisotopic (exact) mass is 322 g/mol. The van der Waals surface area contributed by atoms with Crippen molar-refractivity contribution in [3.63, 3.8) is 0 Å². The highest BCUT2D eigenvalue weighted by Gasteiger charge is 2.56. The van der Waals surface area contributed by atoms with Gasteiger partial charge in [0.15, 0.2) is 0 Å². The highest BCUT2D eigenvalue weighted by atomic mass is 16.2. The number of aryl methyl sites for hydroxylation is 3. The lowest BCUT2D eigenvalue weighted by Crippen LogP contribution is -2.35. The van der Waals surface area contributed by atoms with Crippen LogP contribution in [0.1, 0.15) is 29.5 Å². The molecule has 0 unspecified atom stereocenters. The molecule has 0 atom stereocenters. The molecular formula is C20H22N2O2. The van der Waals surface area contributed by atoms with Crippen LogP contribution in [0, 0.1) is 26.2 Å². The van der Waals surface area contributed by atoms with E-state index in [0.29, 0.717) is 12.8 Å². The Labute approximate surface area is 142 Å². The largest absolute Gasteiger partial charge is 0.325 e. The fourth-order valence-corrected chi connectivity index (χ4v) is 2.93. The molecule has 4 heteroatoms. The van der Waals surface area contributed by atoms with E-state index >= 15 is 0 Å². The molecule has 1 fully saturated rings. The first-order valence-electron chi connectivity index (χ1n) is 8.17. The van der Waals surface area contributed by atoms with E-state index in [1.807, 2.05) is 63.2 Å². The second kappa shape index (κ2) is 6.11. The Hall–Kier alpha value is -2.62. The molecule has 0 aliphatic heterocycles. The molecule has 2 N–H and O–H groups in total. The number of hydrogen-bond acceptors (Lipinski definition) is 2. The van der Waals surface area contributed by atoms with E-state index in [0.717, 1.165) is 28.1 Å². The molecule has 0 bridgehead atoms. The Morgan fingerprint density at radius 1 is 0.875 bits per heavy atom. The summed E-state index contributed by atoms with van der Waals surface area (Å²) >= 11 is 0. The Kier molecular flexibility index (Phi) is 4.14. The van der Waals surface area contributed by atoms with Crippen LogP contribution in [-0.2, 0) is 9.59 Å². The van der Waals surface area contributed by atoms with Crippen LogP contribution >= 0.6 is 0 Å². The first-order chi connectivity index (χ1) is 11.4. The van der Waals surface area contributed by atoms with Crippen LogP contribution in [-0.4, -0.2) is 11.8 Å². The van der Waals surface area contributed by atoms with E-state index < -0.39 is 5.41 Å². The zero-order valence-electron chi connectivity index (χ0n) is 14.3. The van der Waals surface area contributed by atoms with Crippen molar-refractivity contribution in [3.05, 3.63) is 59.2 Å². The van der Waals surface area contributed by atoms with Crippen molar-refractivity contribution < 1.29 is 9.59 Å². The number of nitrogens with one attached hydrogen (secondary N) is 2. The number of carbonyl (C=O) groups is 2. The van der Waals surface area contributed by atoms with Crippen LogP contribution in [0.25, 0.3) is 0 Å². The summed E-state index contributed by atoms with van der Waals surface area (Å²) < 4.78 is 0. The van der Waals surface area contributed by atoms with Gasteiger partial charge in [-0.15, -0.1) is 0 Å². The number of para-hydroxylation sites is 1. The molecule has 3 rings (SSSR count). The van der Waals surface area contributed by atoms with Crippen molar-refractivity contribution in [2.24, 2.45) is 5.41 Å². The average molecular weight is 322 g/mol. The predicted octanol–water partition coefficient (Wildman–Crippen LogP) is 3.97. The fraction of sp³-hybridized carbons (Fsp3) is 0.300. The van der Waals surface area contributed by atoms with Gasteiger partial charge in [-0.3, -0.25) is 9.59 Å². The molecule has 2 amide bonds. The van der Waals surface area contributed by atoms with Crippen LogP contribution < -0.4 is 10.6 Å². The molecule has 0 radical (unpaired) electrons. The number of benzene rings is 2. The van der Waals surface area contributed by atoms with Crippen LogP contribution in [0.15, 0.2) is 42.5 Å². The van der Waals surface area contributed by atoms with E-state index in [9.17, 15) is 9.59 Å². The summed E-state index contributed by atoms with van der Waals surface area (Å²) in [4.78, 5) is 25.3. The van der Waals surface area contributed by atoms with Gasteiger partial charge in [0, 0.05) is 11.4 Å². The number of rotatable bonds is 4. The quantitative estimate of drug-likeness (QED) is 0.837. The minimum Gasteiger partial charge on any atom is -0.325 e. The maximum Gasteiger partial charge on any atom is 0.240 e. The third kappa shape index (κ3) is 3.18. The van der Waals surface area contributed by atoms with Crippen LogP contribution in [0.5, 0.6) is 0 Å². The van der Waals surface area contributed by atoms with Gasteiger partial charge in [-0.1, -0.05) is 24.3 Å². The summed E-state index contributed by atoms with van der Waals surface area (Å²) in [6, 6.07) is 13.5. The Morgan fingerprint density at radius 3 is 2.04 bits per heavy atom. The standard InChI is InChI=1S/C20H22N2O2/c1-13-10-14(2)12-16(11-13)21-18(23)20(8-9-20)19(24)22-17-7-5-4-6-15(17)3/h4-7,10-12H,8-9H2,1-3H3,(H,21,23)(H,22,24). The van der Waals surface area contributed by atoms with E-state index in [2.05, 4.69) is 10.6 Å². The summed E-state index contributed by atoms with van der Waals surface area (Å²) in [6.07, 6.45) is 1.17. The van der Waals surface area contributed by atoms with Gasteiger partial charge in [0.1, 0.15) is 5.41 Å². The van der Waals surface area contributed by atoms with E-state index in [-0.39, 0.29) is 11.8 Å². The SMILES string of the molecule is Cc1cc(C)cc(NC(=O)C2(C(=O)Nc3ccccc3C)CC2)c1. The molecular weight excluding hydrogens is 300 g/mol. The molecule has 0 spiro atoms. The summed E-state index contributed by atoms with van der Waals surface area (Å²) in [7, 11) is 0. The van der Waals surface area contributed by atoms with Gasteiger partial charge in [0.05, 0.1) is 0 Å². The molecule has 0 aromatic heterocycles. The maximum atomic E-state index is 12.7. The molecule has 2 aromatic carbocycles. The lowest BCUT2D eigenvalue weighted by atomic mass is 10.0. The average Bonchev–Trinajstić information content (AvgIpc) is 3.30. The minimum absolute atomic E-state index is 0.223. The number of amides is 2. The summed E-state index contributed by atoms with van der Waals surface area (Å²) in [5.41, 5.74) is 3.70. The lowest BCUT2D eigenvalue weighted by molar-refractivity contribution is -0.131. The molecule has 4 nitrogen and oxygen atoms in total. The smallest absolute Gasteiger partial charge is 0.240 e. The Balaban J connectivity index is 1.74. The van der Waals surface area contributed by atoms with E-state index in [4.69, 9.17) is 0 Å². The molecule has 0 heterocycles. The first kappa shape index (κ1) is 16.2. The second-order valence-electron chi connectivity index (χ2n) is 6.68. The second-order valence-corrected chi connectivity index (χ2v) is 6.68. The van der Waals surface area contributed by atoms with Crippen molar-refractivity contribution in [2.75, 3.05) is 10.6 Å². The zero-order chi connectivity index (χ0) is 17.3. The van der Waals surface area contributed by atoms with Crippen LogP contribution in [0.4, 0.5) is 11.4 Å². The molecule has 1 saturated carbocycles. The summed E-state index contributed by atoms with van der Waals surface area (Å²) in [6.45, 7) is 5.91. The summed E-state index contributed by atoms with van der Waals surface area (Å²) in [5, 5.41) is 5.81. The number of carbonyl (C=O) groups excluding carboxylic acids is 2. The highest BCUT2D eigenvalue weighted by Crippen LogP contribution is 2.47. The Bertz CT molecular complexity index is 787. The topological polar surface area (TPSA) is 58.2 Å². The molecule has 0 saturated heterocycles. The van der Waals surface area contributed by atoms with Crippen molar-refractivity contribution in [1.82, 2.24) is 0 Å². The van der Waals surface area contributed by atoms with Gasteiger partial charge in [-0.05, 0) is 68.5 Å². The Morgan fingerprint density at radius 2 is 1.46 bits per heavy atom. The minimum atomic E-state index is -0.945. The van der Waals surface area contributed by atoms with Crippen LogP contribution in [0.3, 0.4) is 0 Å². The maximum absolute atomic E-state index is 12.7. The predicted molar refractivity (Wildman–Crippen MR) is 96.0 cm³/mol. The first-order valence-corrected chi connectivity index (χ1v) is 8.17. The van der Waals surface area contributed by atoms with Crippen molar-refractivity contribution in [2.45, 2.75) is 33.6 Å². The summed E-state index contributed by atoms with van der Waals surface area (Å²) in [5.74, 6) is -0.447. The van der Waals surface area contributed by atoms with Crippen molar-refractivity contribution in [1.29, 1.82) is 0 Å². The lowest BCUT2D eigenvalue weighted by Gasteiger charge is -2.17. The molecule has 1 aliphatic rings. The van der Waals surface area contributed by atoms with Crippen LogP contribution in [0.2, 0.25) is 0 Å². The number of hydrogen-bond donors (Lipinski definition) is 2. The molecule has 1 aliphatic carbocycles. The third-order valence-corrected chi connectivity index (χ3v) is 4.49. The van der Waals surface area contributed by atoms with Gasteiger partial charge >= 0.3 is 0 Å². The normalized spacial score (nSPS) is 14.8. The van der Waals surface area contributed by atoms with Gasteiger partial charge in [0.2, 0.25) is 11.8 Å². The van der Waals surface area contributed by atoms with Gasteiger partial charge in [-0.25, -0.2) is 0 Å². The van der Waals surface area contributed by atoms with Gasteiger partial charge < -0.3 is 10.6 Å². The molecule has 124 valence electrons. The molecule has 2 aromatic rings. The third-order valence-electron chi connectivity index (χ3n) is 4.49. The van der Waals surface area contributed by atoms with Gasteiger partial charge in [-0.2, -0.15) is 0 Å². The van der Waals surface area contributed by atoms with Crippen molar-refractivity contribution in [3.8, 4) is 0 Å². The van der Waals surface area contributed by atoms with Crippen molar-refractivity contribution >= 4 is 23.2 Å². The number of anilines is 2. The van der Waals surface area contributed by atoms with Gasteiger partial charge in [0.25, 0.3) is 0 Å². The molecule has 24 heavy (non-hydrogen) atoms.